The van der Waals surface area contributed by atoms with Gasteiger partial charge in [-0.1, -0.05) is 36.4 Å². The number of carbonyl (C=O) groups is 2. The second kappa shape index (κ2) is 8.58. The van der Waals surface area contributed by atoms with Gasteiger partial charge in [-0.25, -0.2) is 9.78 Å². The second-order valence-corrected chi connectivity index (χ2v) is 7.79. The van der Waals surface area contributed by atoms with E-state index >= 15 is 0 Å². The lowest BCUT2D eigenvalue weighted by Crippen LogP contribution is -2.43. The Labute approximate surface area is 184 Å². The summed E-state index contributed by atoms with van der Waals surface area (Å²) >= 11 is 0. The molecule has 2 aromatic carbocycles. The molecule has 5 rings (SSSR count). The Hall–Kier alpha value is -4.07. The van der Waals surface area contributed by atoms with Gasteiger partial charge in [0.2, 0.25) is 11.9 Å². The predicted octanol–water partition coefficient (Wildman–Crippen LogP) is 4.30. The van der Waals surface area contributed by atoms with Crippen LogP contribution in [0.5, 0.6) is 0 Å². The number of likely N-dealkylation sites (tertiary alicyclic amines) is 1. The molecule has 3 heterocycles. The van der Waals surface area contributed by atoms with E-state index in [-0.39, 0.29) is 12.5 Å². The minimum Gasteiger partial charge on any atom is -0.445 e. The topological polar surface area (TPSA) is 103 Å². The monoisotopic (exact) mass is 429 g/mol. The molecule has 32 heavy (non-hydrogen) atoms. The number of carbonyl (C=O) groups excluding carboxylic acids is 2. The molecule has 1 aliphatic rings. The Balaban J connectivity index is 1.22. The van der Waals surface area contributed by atoms with Crippen LogP contribution >= 0.6 is 0 Å². The summed E-state index contributed by atoms with van der Waals surface area (Å²) in [5.41, 5.74) is 3.63. The van der Waals surface area contributed by atoms with Gasteiger partial charge in [-0.05, 0) is 36.6 Å². The maximum atomic E-state index is 12.9. The zero-order chi connectivity index (χ0) is 21.9. The van der Waals surface area contributed by atoms with Gasteiger partial charge in [0.05, 0.1) is 5.69 Å². The van der Waals surface area contributed by atoms with E-state index in [0.717, 1.165) is 34.1 Å². The molecule has 162 valence electrons. The molecule has 1 aliphatic heterocycles. The van der Waals surface area contributed by atoms with Crippen molar-refractivity contribution in [2.45, 2.75) is 25.5 Å². The van der Waals surface area contributed by atoms with Crippen LogP contribution in [0.2, 0.25) is 0 Å². The van der Waals surface area contributed by atoms with Crippen LogP contribution in [-0.4, -0.2) is 44.4 Å². The fourth-order valence-electron chi connectivity index (χ4n) is 4.01. The Morgan fingerprint density at radius 2 is 2.00 bits per heavy atom. The largest absolute Gasteiger partial charge is 0.445 e. The van der Waals surface area contributed by atoms with Crippen LogP contribution in [0.25, 0.3) is 22.2 Å². The van der Waals surface area contributed by atoms with Crippen molar-refractivity contribution in [1.82, 2.24) is 19.9 Å². The smallest absolute Gasteiger partial charge is 0.410 e. The van der Waals surface area contributed by atoms with E-state index in [1.54, 1.807) is 6.20 Å². The van der Waals surface area contributed by atoms with Gasteiger partial charge in [-0.15, -0.1) is 0 Å². The highest BCUT2D eigenvalue weighted by Crippen LogP contribution is 2.24. The first kappa shape index (κ1) is 19.9. The van der Waals surface area contributed by atoms with Gasteiger partial charge in [-0.2, -0.15) is 0 Å². The summed E-state index contributed by atoms with van der Waals surface area (Å²) in [5.74, 6) is 0.0739. The number of aromatic nitrogens is 3. The fraction of sp³-hybridized carbons (Fsp3) is 0.208. The van der Waals surface area contributed by atoms with Gasteiger partial charge in [-0.3, -0.25) is 15.0 Å². The quantitative estimate of drug-likeness (QED) is 0.440. The third-order valence-electron chi connectivity index (χ3n) is 5.66. The van der Waals surface area contributed by atoms with Crippen molar-refractivity contribution in [3.05, 3.63) is 72.6 Å². The molecule has 1 fully saturated rings. The molecule has 2 aromatic heterocycles. The third-order valence-corrected chi connectivity index (χ3v) is 5.66. The van der Waals surface area contributed by atoms with E-state index in [1.807, 2.05) is 60.8 Å². The average molecular weight is 429 g/mol. The standard InChI is InChI=1S/C24H23N5O3/c30-22(21-7-4-12-29(21)24(31)32-15-16-5-2-1-3-6-16)28-23-26-14-20(27-23)17-8-9-19-18(13-17)10-11-25-19/h1-3,5-6,8-11,13-14,21,25H,4,7,12,15H2,(H2,26,27,28,30). The number of hydrogen-bond donors (Lipinski definition) is 3. The molecular weight excluding hydrogens is 406 g/mol. The summed E-state index contributed by atoms with van der Waals surface area (Å²) in [6.45, 7) is 0.670. The molecule has 3 N–H and O–H groups in total. The molecule has 8 heteroatoms. The molecule has 0 spiro atoms. The highest BCUT2D eigenvalue weighted by Gasteiger charge is 2.35. The van der Waals surface area contributed by atoms with E-state index < -0.39 is 12.1 Å². The van der Waals surface area contributed by atoms with Crippen molar-refractivity contribution in [2.24, 2.45) is 0 Å². The van der Waals surface area contributed by atoms with Crippen LogP contribution in [0.1, 0.15) is 18.4 Å². The predicted molar refractivity (Wildman–Crippen MR) is 121 cm³/mol. The number of rotatable bonds is 5. The van der Waals surface area contributed by atoms with E-state index in [0.29, 0.717) is 18.9 Å². The van der Waals surface area contributed by atoms with Crippen molar-refractivity contribution in [3.63, 3.8) is 0 Å². The van der Waals surface area contributed by atoms with Crippen molar-refractivity contribution < 1.29 is 14.3 Å². The zero-order valence-corrected chi connectivity index (χ0v) is 17.4. The van der Waals surface area contributed by atoms with E-state index in [9.17, 15) is 9.59 Å². The number of imidazole rings is 1. The Morgan fingerprint density at radius 3 is 2.88 bits per heavy atom. The second-order valence-electron chi connectivity index (χ2n) is 7.79. The van der Waals surface area contributed by atoms with Gasteiger partial charge >= 0.3 is 6.09 Å². The molecule has 1 unspecified atom stereocenters. The van der Waals surface area contributed by atoms with E-state index in [1.165, 1.54) is 4.90 Å². The summed E-state index contributed by atoms with van der Waals surface area (Å²) in [5, 5.41) is 3.89. The highest BCUT2D eigenvalue weighted by molar-refractivity contribution is 5.96. The van der Waals surface area contributed by atoms with Gasteiger partial charge in [0, 0.05) is 35.4 Å². The summed E-state index contributed by atoms with van der Waals surface area (Å²) in [7, 11) is 0. The van der Waals surface area contributed by atoms with Crippen LogP contribution in [-0.2, 0) is 16.1 Å². The molecule has 0 aliphatic carbocycles. The molecule has 0 radical (unpaired) electrons. The Kier molecular flexibility index (Phi) is 5.33. The minimum atomic E-state index is -0.581. The third kappa shape index (κ3) is 4.07. The molecule has 1 atom stereocenters. The molecule has 8 nitrogen and oxygen atoms in total. The number of aromatic amines is 2. The van der Waals surface area contributed by atoms with Crippen LogP contribution < -0.4 is 5.32 Å². The van der Waals surface area contributed by atoms with Crippen molar-refractivity contribution >= 4 is 28.9 Å². The first-order chi connectivity index (χ1) is 15.7. The Bertz CT molecular complexity index is 1250. The van der Waals surface area contributed by atoms with Crippen LogP contribution in [0, 0.1) is 0 Å². The zero-order valence-electron chi connectivity index (χ0n) is 17.4. The summed E-state index contributed by atoms with van der Waals surface area (Å²) < 4.78 is 5.41. The van der Waals surface area contributed by atoms with Gasteiger partial charge < -0.3 is 14.7 Å². The number of hydrogen-bond acceptors (Lipinski definition) is 4. The van der Waals surface area contributed by atoms with Gasteiger partial charge in [0.1, 0.15) is 12.6 Å². The molecule has 2 amide bonds. The maximum Gasteiger partial charge on any atom is 0.410 e. The summed E-state index contributed by atoms with van der Waals surface area (Å²) in [6, 6.07) is 16.9. The maximum absolute atomic E-state index is 12.9. The molecule has 0 bridgehead atoms. The first-order valence-electron chi connectivity index (χ1n) is 10.6. The Morgan fingerprint density at radius 1 is 1.12 bits per heavy atom. The highest BCUT2D eigenvalue weighted by atomic mass is 16.6. The van der Waals surface area contributed by atoms with Crippen molar-refractivity contribution in [2.75, 3.05) is 11.9 Å². The van der Waals surface area contributed by atoms with Crippen molar-refractivity contribution in [3.8, 4) is 11.3 Å². The van der Waals surface area contributed by atoms with Crippen molar-refractivity contribution in [1.29, 1.82) is 0 Å². The molecule has 1 saturated heterocycles. The SMILES string of the molecule is O=C(Nc1nc(-c2ccc3[nH]ccc3c2)c[nH]1)C1CCCN1C(=O)OCc1ccccc1. The van der Waals surface area contributed by atoms with Crippen LogP contribution in [0.3, 0.4) is 0 Å². The fourth-order valence-corrected chi connectivity index (χ4v) is 4.01. The summed E-state index contributed by atoms with van der Waals surface area (Å²) in [6.07, 6.45) is 4.50. The number of nitrogens with zero attached hydrogens (tertiary/aromatic N) is 2. The number of anilines is 1. The minimum absolute atomic E-state index is 0.178. The molecule has 0 saturated carbocycles. The lowest BCUT2D eigenvalue weighted by Gasteiger charge is -2.22. The lowest BCUT2D eigenvalue weighted by molar-refractivity contribution is -0.120. The molecule has 4 aromatic rings. The normalized spacial score (nSPS) is 15.8. The number of benzene rings is 2. The molecular formula is C24H23N5O3. The first-order valence-corrected chi connectivity index (χ1v) is 10.6. The van der Waals surface area contributed by atoms with Crippen LogP contribution in [0.4, 0.5) is 10.7 Å². The van der Waals surface area contributed by atoms with Crippen LogP contribution in [0.15, 0.2) is 67.0 Å². The number of H-pyrrole nitrogens is 2. The average Bonchev–Trinajstić information content (AvgIpc) is 3.58. The van der Waals surface area contributed by atoms with E-state index in [4.69, 9.17) is 4.74 Å². The van der Waals surface area contributed by atoms with E-state index in [2.05, 4.69) is 20.3 Å². The summed E-state index contributed by atoms with van der Waals surface area (Å²) in [4.78, 5) is 37.6. The number of amides is 2. The number of fused-ring (bicyclic) bond motifs is 1. The lowest BCUT2D eigenvalue weighted by atomic mass is 10.1. The van der Waals surface area contributed by atoms with Gasteiger partial charge in [0.15, 0.2) is 0 Å². The van der Waals surface area contributed by atoms with Gasteiger partial charge in [0.25, 0.3) is 0 Å². The number of ether oxygens (including phenoxy) is 1. The number of nitrogens with one attached hydrogen (secondary N) is 3.